The molecular weight excluding hydrogens is 575 g/mol. The molecular formula is C26H25F9N2O4. The van der Waals surface area contributed by atoms with Crippen LogP contribution in [-0.4, -0.2) is 35.8 Å². The molecule has 226 valence electrons. The first-order valence-corrected chi connectivity index (χ1v) is 12.3. The number of alkyl halides is 9. The van der Waals surface area contributed by atoms with E-state index in [9.17, 15) is 49.1 Å². The summed E-state index contributed by atoms with van der Waals surface area (Å²) in [6, 6.07) is 2.78. The van der Waals surface area contributed by atoms with Crippen LogP contribution in [-0.2, 0) is 28.4 Å². The van der Waals surface area contributed by atoms with Gasteiger partial charge < -0.3 is 14.4 Å². The molecule has 6 nitrogen and oxygen atoms in total. The highest BCUT2D eigenvalue weighted by atomic mass is 19.4. The second kappa shape index (κ2) is 11.7. The van der Waals surface area contributed by atoms with E-state index in [2.05, 4.69) is 4.74 Å². The first-order chi connectivity index (χ1) is 18.9. The molecule has 41 heavy (non-hydrogen) atoms. The summed E-state index contributed by atoms with van der Waals surface area (Å²) in [5, 5.41) is 0. The lowest BCUT2D eigenvalue weighted by Gasteiger charge is -2.27. The lowest BCUT2D eigenvalue weighted by atomic mass is 9.97. The molecule has 0 bridgehead atoms. The summed E-state index contributed by atoms with van der Waals surface area (Å²) < 4.78 is 128. The van der Waals surface area contributed by atoms with E-state index < -0.39 is 65.9 Å². The van der Waals surface area contributed by atoms with Crippen LogP contribution in [0.4, 0.5) is 50.0 Å². The van der Waals surface area contributed by atoms with Gasteiger partial charge in [0.25, 0.3) is 0 Å². The average Bonchev–Trinajstić information content (AvgIpc) is 3.12. The molecule has 0 unspecified atom stereocenters. The predicted molar refractivity (Wildman–Crippen MR) is 127 cm³/mol. The topological polar surface area (TPSA) is 59.1 Å². The standard InChI is InChI=1S/C26H25F9N2O4/c1-4-6-21(38)36(5-2)20-8-7-19(41-26(33,34)35)11-16(20)13-37-14(3)22(40-23(37)39)15-9-17(24(27,28)29)12-18(10-15)25(30,31)32/h7-12,14,22H,4-6,13H2,1-3H3/t14-,22-/m0/s1. The van der Waals surface area contributed by atoms with Crippen molar-refractivity contribution in [2.24, 2.45) is 0 Å². The Morgan fingerprint density at radius 1 is 0.951 bits per heavy atom. The zero-order valence-corrected chi connectivity index (χ0v) is 21.9. The highest BCUT2D eigenvalue weighted by molar-refractivity contribution is 5.94. The molecule has 1 heterocycles. The molecule has 0 aromatic heterocycles. The molecule has 0 spiro atoms. The van der Waals surface area contributed by atoms with Gasteiger partial charge in [0, 0.05) is 18.7 Å². The van der Waals surface area contributed by atoms with Crippen molar-refractivity contribution in [1.82, 2.24) is 4.90 Å². The summed E-state index contributed by atoms with van der Waals surface area (Å²) in [7, 11) is 0. The molecule has 2 aromatic carbocycles. The number of ether oxygens (including phenoxy) is 2. The predicted octanol–water partition coefficient (Wildman–Crippen LogP) is 7.86. The quantitative estimate of drug-likeness (QED) is 0.290. The van der Waals surface area contributed by atoms with Gasteiger partial charge in [-0.25, -0.2) is 4.79 Å². The van der Waals surface area contributed by atoms with Gasteiger partial charge in [-0.2, -0.15) is 26.3 Å². The number of halogens is 9. The summed E-state index contributed by atoms with van der Waals surface area (Å²) in [5.41, 5.74) is -3.63. The van der Waals surface area contributed by atoms with Gasteiger partial charge in [0.15, 0.2) is 0 Å². The van der Waals surface area contributed by atoms with Crippen LogP contribution < -0.4 is 9.64 Å². The molecule has 1 saturated heterocycles. The lowest BCUT2D eigenvalue weighted by Crippen LogP contribution is -2.34. The number of hydrogen-bond acceptors (Lipinski definition) is 4. The number of carbonyl (C=O) groups is 2. The van der Waals surface area contributed by atoms with Crippen molar-refractivity contribution in [3.8, 4) is 5.75 Å². The first-order valence-electron chi connectivity index (χ1n) is 12.3. The Morgan fingerprint density at radius 2 is 1.54 bits per heavy atom. The highest BCUT2D eigenvalue weighted by Gasteiger charge is 2.43. The van der Waals surface area contributed by atoms with Gasteiger partial charge in [0.1, 0.15) is 11.9 Å². The maximum atomic E-state index is 13.4. The molecule has 2 amide bonds. The Kier molecular flexibility index (Phi) is 9.08. The van der Waals surface area contributed by atoms with Crippen molar-refractivity contribution in [2.75, 3.05) is 11.4 Å². The maximum absolute atomic E-state index is 13.4. The maximum Gasteiger partial charge on any atom is 0.573 e. The summed E-state index contributed by atoms with van der Waals surface area (Å²) in [6.45, 7) is 4.28. The minimum atomic E-state index is -5.13. The van der Waals surface area contributed by atoms with Crippen LogP contribution in [0.5, 0.6) is 5.75 Å². The molecule has 0 aliphatic carbocycles. The summed E-state index contributed by atoms with van der Waals surface area (Å²) in [4.78, 5) is 27.7. The molecule has 1 aliphatic rings. The van der Waals surface area contributed by atoms with Crippen LogP contribution in [0.2, 0.25) is 0 Å². The average molecular weight is 600 g/mol. The number of benzene rings is 2. The van der Waals surface area contributed by atoms with E-state index in [4.69, 9.17) is 4.74 Å². The third-order valence-electron chi connectivity index (χ3n) is 6.33. The van der Waals surface area contributed by atoms with E-state index in [1.54, 1.807) is 13.8 Å². The van der Waals surface area contributed by atoms with E-state index in [1.165, 1.54) is 17.9 Å². The van der Waals surface area contributed by atoms with Crippen LogP contribution in [0.1, 0.15) is 62.0 Å². The number of anilines is 1. The van der Waals surface area contributed by atoms with Gasteiger partial charge in [-0.3, -0.25) is 9.69 Å². The summed E-state index contributed by atoms with van der Waals surface area (Å²) in [6.07, 6.45) is -17.5. The first kappa shape index (κ1) is 31.9. The van der Waals surface area contributed by atoms with E-state index in [0.29, 0.717) is 18.6 Å². The van der Waals surface area contributed by atoms with Gasteiger partial charge in [0.05, 0.1) is 23.7 Å². The van der Waals surface area contributed by atoms with Crippen molar-refractivity contribution in [1.29, 1.82) is 0 Å². The smallest absolute Gasteiger partial charge is 0.439 e. The molecule has 0 saturated carbocycles. The largest absolute Gasteiger partial charge is 0.573 e. The Hall–Kier alpha value is -3.65. The van der Waals surface area contributed by atoms with Gasteiger partial charge in [-0.15, -0.1) is 13.2 Å². The Morgan fingerprint density at radius 3 is 2.02 bits per heavy atom. The molecule has 0 radical (unpaired) electrons. The summed E-state index contributed by atoms with van der Waals surface area (Å²) >= 11 is 0. The monoisotopic (exact) mass is 600 g/mol. The lowest BCUT2D eigenvalue weighted by molar-refractivity contribution is -0.274. The zero-order valence-electron chi connectivity index (χ0n) is 21.9. The number of carbonyl (C=O) groups excluding carboxylic acids is 2. The summed E-state index contributed by atoms with van der Waals surface area (Å²) in [5.74, 6) is -1.03. The zero-order chi connectivity index (χ0) is 30.9. The Balaban J connectivity index is 2.04. The van der Waals surface area contributed by atoms with E-state index in [-0.39, 0.29) is 36.2 Å². The van der Waals surface area contributed by atoms with E-state index >= 15 is 0 Å². The van der Waals surface area contributed by atoms with E-state index in [0.717, 1.165) is 17.0 Å². The Bertz CT molecular complexity index is 1240. The Labute approximate surface area is 228 Å². The molecule has 1 aliphatic heterocycles. The van der Waals surface area contributed by atoms with Crippen molar-refractivity contribution in [2.45, 2.75) is 71.0 Å². The molecule has 15 heteroatoms. The molecule has 2 atom stereocenters. The van der Waals surface area contributed by atoms with Crippen molar-refractivity contribution in [3.05, 3.63) is 58.7 Å². The minimum absolute atomic E-state index is 0.00234. The SMILES string of the molecule is CCCC(=O)N(CC)c1ccc(OC(F)(F)F)cc1CN1C(=O)O[C@H](c2cc(C(F)(F)F)cc(C(F)(F)F)c2)[C@@H]1C. The number of hydrogen-bond donors (Lipinski definition) is 0. The van der Waals surface area contributed by atoms with Crippen LogP contribution >= 0.6 is 0 Å². The van der Waals surface area contributed by atoms with Crippen LogP contribution in [0.25, 0.3) is 0 Å². The fraction of sp³-hybridized carbons (Fsp3) is 0.462. The second-order valence-electron chi connectivity index (χ2n) is 9.24. The van der Waals surface area contributed by atoms with Gasteiger partial charge >= 0.3 is 24.8 Å². The highest BCUT2D eigenvalue weighted by Crippen LogP contribution is 2.42. The minimum Gasteiger partial charge on any atom is -0.439 e. The number of nitrogens with zero attached hydrogens (tertiary/aromatic N) is 2. The van der Waals surface area contributed by atoms with Gasteiger partial charge in [-0.05, 0) is 67.8 Å². The number of rotatable bonds is 8. The van der Waals surface area contributed by atoms with Crippen LogP contribution in [0, 0.1) is 0 Å². The third kappa shape index (κ3) is 7.55. The molecule has 3 rings (SSSR count). The fourth-order valence-corrected chi connectivity index (χ4v) is 4.47. The molecule has 2 aromatic rings. The molecule has 0 N–H and O–H groups in total. The second-order valence-corrected chi connectivity index (χ2v) is 9.24. The van der Waals surface area contributed by atoms with Crippen LogP contribution in [0.3, 0.4) is 0 Å². The fourth-order valence-electron chi connectivity index (χ4n) is 4.47. The van der Waals surface area contributed by atoms with Crippen molar-refractivity contribution in [3.63, 3.8) is 0 Å². The molecule has 1 fully saturated rings. The van der Waals surface area contributed by atoms with Crippen molar-refractivity contribution >= 4 is 17.7 Å². The van der Waals surface area contributed by atoms with E-state index in [1.807, 2.05) is 0 Å². The van der Waals surface area contributed by atoms with Crippen LogP contribution in [0.15, 0.2) is 36.4 Å². The van der Waals surface area contributed by atoms with Gasteiger partial charge in [0.2, 0.25) is 5.91 Å². The normalized spacial score (nSPS) is 18.0. The number of cyclic esters (lactones) is 1. The van der Waals surface area contributed by atoms with Gasteiger partial charge in [-0.1, -0.05) is 6.92 Å². The third-order valence-corrected chi connectivity index (χ3v) is 6.33. The number of amides is 2. The van der Waals surface area contributed by atoms with Crippen molar-refractivity contribution < 1.29 is 58.6 Å².